The summed E-state index contributed by atoms with van der Waals surface area (Å²) in [5.41, 5.74) is -0.460. The van der Waals surface area contributed by atoms with Crippen LogP contribution in [0, 0.1) is 29.6 Å². The Morgan fingerprint density at radius 2 is 1.84 bits per heavy atom. The van der Waals surface area contributed by atoms with Crippen LogP contribution in [-0.2, 0) is 14.4 Å². The van der Waals surface area contributed by atoms with Crippen LogP contribution in [0.2, 0.25) is 0 Å². The average Bonchev–Trinajstić information content (AvgIpc) is 2.99. The molecule has 31 heavy (non-hydrogen) atoms. The Morgan fingerprint density at radius 3 is 2.32 bits per heavy atom. The van der Waals surface area contributed by atoms with Crippen molar-refractivity contribution < 1.29 is 19.5 Å². The van der Waals surface area contributed by atoms with Crippen molar-refractivity contribution in [1.29, 1.82) is 0 Å². The van der Waals surface area contributed by atoms with Crippen molar-refractivity contribution in [3.8, 4) is 0 Å². The van der Waals surface area contributed by atoms with Crippen LogP contribution in [0.25, 0.3) is 0 Å². The predicted molar refractivity (Wildman–Crippen MR) is 121 cm³/mol. The van der Waals surface area contributed by atoms with Gasteiger partial charge in [-0.2, -0.15) is 0 Å². The van der Waals surface area contributed by atoms with Crippen LogP contribution >= 0.6 is 0 Å². The van der Waals surface area contributed by atoms with Crippen LogP contribution in [0.3, 0.4) is 0 Å². The van der Waals surface area contributed by atoms with Gasteiger partial charge in [-0.1, -0.05) is 45.8 Å². The van der Waals surface area contributed by atoms with E-state index < -0.39 is 35.4 Å². The monoisotopic (exact) mass is 435 g/mol. The molecule has 3 N–H and O–H groups in total. The Kier molecular flexibility index (Phi) is 8.31. The molecule has 3 amide bonds. The Morgan fingerprint density at radius 1 is 1.19 bits per heavy atom. The molecule has 176 valence electrons. The minimum atomic E-state index is -0.742. The predicted octanol–water partition coefficient (Wildman–Crippen LogP) is 2.10. The molecule has 0 radical (unpaired) electrons. The first-order chi connectivity index (χ1) is 14.5. The van der Waals surface area contributed by atoms with Gasteiger partial charge in [-0.3, -0.25) is 14.4 Å². The van der Waals surface area contributed by atoms with Gasteiger partial charge < -0.3 is 20.6 Å². The number of aliphatic hydroxyl groups is 1. The number of carbonyl (C=O) groups excluding carboxylic acids is 3. The molecule has 0 aromatic carbocycles. The first-order valence-electron chi connectivity index (χ1n) is 11.7. The van der Waals surface area contributed by atoms with E-state index in [9.17, 15) is 19.5 Å². The lowest BCUT2D eigenvalue weighted by atomic mass is 9.68. The number of allylic oxidation sites excluding steroid dienone is 1. The van der Waals surface area contributed by atoms with Gasteiger partial charge >= 0.3 is 0 Å². The highest BCUT2D eigenvalue weighted by molar-refractivity contribution is 5.97. The third-order valence-electron chi connectivity index (χ3n) is 6.83. The second kappa shape index (κ2) is 10.2. The third-order valence-corrected chi connectivity index (χ3v) is 6.83. The van der Waals surface area contributed by atoms with E-state index in [1.165, 1.54) is 0 Å². The van der Waals surface area contributed by atoms with Crippen molar-refractivity contribution in [2.45, 2.75) is 78.4 Å². The van der Waals surface area contributed by atoms with Crippen molar-refractivity contribution in [2.24, 2.45) is 29.6 Å². The van der Waals surface area contributed by atoms with Crippen LogP contribution in [0.1, 0.15) is 60.8 Å². The number of aliphatic hydroxyl groups excluding tert-OH is 1. The Balaban J connectivity index is 2.59. The summed E-state index contributed by atoms with van der Waals surface area (Å²) in [5, 5.41) is 16.0. The standard InChI is InChI=1S/C24H41N3O4/c1-8-10-15-11-12-16-19(18(15)21(29)25-7)23(31)27(17(13-28)14(3)9-2)20(16)22(30)26-24(4,5)6/h11-12,14-20,28H,8-10,13H2,1-7H3,(H,25,29)(H,26,30)/t14-,15+,16-,17-,18+,19-,20-/m0/s1. The summed E-state index contributed by atoms with van der Waals surface area (Å²) in [6, 6.07) is -1.21. The fourth-order valence-corrected chi connectivity index (χ4v) is 5.19. The fourth-order valence-electron chi connectivity index (χ4n) is 5.19. The van der Waals surface area contributed by atoms with Crippen LogP contribution < -0.4 is 10.6 Å². The number of hydrogen-bond acceptors (Lipinski definition) is 4. The molecular weight excluding hydrogens is 394 g/mol. The fraction of sp³-hybridized carbons (Fsp3) is 0.792. The molecule has 0 bridgehead atoms. The Labute approximate surface area is 187 Å². The molecule has 1 aliphatic heterocycles. The molecule has 0 aromatic heterocycles. The summed E-state index contributed by atoms with van der Waals surface area (Å²) >= 11 is 0. The highest BCUT2D eigenvalue weighted by atomic mass is 16.3. The van der Waals surface area contributed by atoms with Gasteiger partial charge in [-0.05, 0) is 39.0 Å². The molecule has 0 aromatic rings. The lowest BCUT2D eigenvalue weighted by Gasteiger charge is -2.37. The second-order valence-corrected chi connectivity index (χ2v) is 10.1. The van der Waals surface area contributed by atoms with Crippen molar-refractivity contribution in [3.63, 3.8) is 0 Å². The molecule has 2 rings (SSSR count). The summed E-state index contributed by atoms with van der Waals surface area (Å²) in [6.45, 7) is 11.6. The molecule has 2 aliphatic rings. The molecule has 7 atom stereocenters. The summed E-state index contributed by atoms with van der Waals surface area (Å²) in [7, 11) is 1.59. The van der Waals surface area contributed by atoms with E-state index in [2.05, 4.69) is 17.6 Å². The van der Waals surface area contributed by atoms with Crippen LogP contribution in [0.4, 0.5) is 0 Å². The number of nitrogens with zero attached hydrogens (tertiary/aromatic N) is 1. The average molecular weight is 436 g/mol. The Bertz CT molecular complexity index is 699. The minimum Gasteiger partial charge on any atom is -0.394 e. The van der Waals surface area contributed by atoms with Crippen LogP contribution in [0.5, 0.6) is 0 Å². The lowest BCUT2D eigenvalue weighted by molar-refractivity contribution is -0.144. The minimum absolute atomic E-state index is 0.0212. The van der Waals surface area contributed by atoms with E-state index in [0.29, 0.717) is 0 Å². The van der Waals surface area contributed by atoms with Gasteiger partial charge in [0.15, 0.2) is 0 Å². The van der Waals surface area contributed by atoms with Crippen LogP contribution in [-0.4, -0.2) is 59.0 Å². The lowest BCUT2D eigenvalue weighted by Crippen LogP contribution is -2.56. The first kappa shape index (κ1) is 25.4. The quantitative estimate of drug-likeness (QED) is 0.509. The van der Waals surface area contributed by atoms with E-state index in [4.69, 9.17) is 0 Å². The molecule has 1 aliphatic carbocycles. The maximum absolute atomic E-state index is 13.8. The van der Waals surface area contributed by atoms with Crippen molar-refractivity contribution in [3.05, 3.63) is 12.2 Å². The molecule has 0 spiro atoms. The van der Waals surface area contributed by atoms with Crippen molar-refractivity contribution in [1.82, 2.24) is 15.5 Å². The summed E-state index contributed by atoms with van der Waals surface area (Å²) in [4.78, 5) is 41.8. The van der Waals surface area contributed by atoms with Gasteiger partial charge in [-0.15, -0.1) is 0 Å². The van der Waals surface area contributed by atoms with E-state index in [1.54, 1.807) is 11.9 Å². The van der Waals surface area contributed by atoms with E-state index in [0.717, 1.165) is 19.3 Å². The van der Waals surface area contributed by atoms with E-state index >= 15 is 0 Å². The summed E-state index contributed by atoms with van der Waals surface area (Å²) in [6.07, 6.45) is 6.47. The van der Waals surface area contributed by atoms with Gasteiger partial charge in [-0.25, -0.2) is 0 Å². The number of hydrogen-bond donors (Lipinski definition) is 3. The van der Waals surface area contributed by atoms with Gasteiger partial charge in [0.25, 0.3) is 0 Å². The molecule has 1 fully saturated rings. The molecule has 7 nitrogen and oxygen atoms in total. The molecule has 1 heterocycles. The SMILES string of the molecule is CCC[C@@H]1C=C[C@H]2[C@H](C(=O)N([C@@H](CO)[C@@H](C)CC)[C@@H]2C(=O)NC(C)(C)C)[C@@H]1C(=O)NC. The number of rotatable bonds is 8. The van der Waals surface area contributed by atoms with E-state index in [-0.39, 0.29) is 36.2 Å². The molecule has 0 saturated carbocycles. The summed E-state index contributed by atoms with van der Waals surface area (Å²) in [5.74, 6) is -2.13. The van der Waals surface area contributed by atoms with Gasteiger partial charge in [0.05, 0.1) is 24.5 Å². The summed E-state index contributed by atoms with van der Waals surface area (Å²) < 4.78 is 0. The number of nitrogens with one attached hydrogen (secondary N) is 2. The largest absolute Gasteiger partial charge is 0.394 e. The second-order valence-electron chi connectivity index (χ2n) is 10.1. The number of likely N-dealkylation sites (tertiary alicyclic amines) is 1. The van der Waals surface area contributed by atoms with Gasteiger partial charge in [0.2, 0.25) is 17.7 Å². The Hall–Kier alpha value is -1.89. The highest BCUT2D eigenvalue weighted by Crippen LogP contribution is 2.46. The van der Waals surface area contributed by atoms with E-state index in [1.807, 2.05) is 46.8 Å². The zero-order chi connectivity index (χ0) is 23.5. The third kappa shape index (κ3) is 5.13. The molecular formula is C24H41N3O4. The number of carbonyl (C=O) groups is 3. The van der Waals surface area contributed by atoms with Crippen molar-refractivity contribution >= 4 is 17.7 Å². The van der Waals surface area contributed by atoms with Crippen molar-refractivity contribution in [2.75, 3.05) is 13.7 Å². The number of amides is 3. The molecule has 1 saturated heterocycles. The molecule has 0 unspecified atom stereocenters. The zero-order valence-electron chi connectivity index (χ0n) is 20.1. The van der Waals surface area contributed by atoms with Crippen LogP contribution in [0.15, 0.2) is 12.2 Å². The van der Waals surface area contributed by atoms with Gasteiger partial charge in [0, 0.05) is 18.5 Å². The maximum Gasteiger partial charge on any atom is 0.243 e. The maximum atomic E-state index is 13.8. The number of fused-ring (bicyclic) bond motifs is 1. The zero-order valence-corrected chi connectivity index (χ0v) is 20.1. The normalized spacial score (nSPS) is 30.0. The van der Waals surface area contributed by atoms with Gasteiger partial charge in [0.1, 0.15) is 6.04 Å². The first-order valence-corrected chi connectivity index (χ1v) is 11.7. The highest BCUT2D eigenvalue weighted by Gasteiger charge is 2.58. The molecule has 7 heteroatoms. The smallest absolute Gasteiger partial charge is 0.243 e. The topological polar surface area (TPSA) is 98.7 Å².